The maximum Gasteiger partial charge on any atom is 0.0582 e. The highest BCUT2D eigenvalue weighted by molar-refractivity contribution is 6.32. The summed E-state index contributed by atoms with van der Waals surface area (Å²) in [6, 6.07) is 94.5. The van der Waals surface area contributed by atoms with Crippen molar-refractivity contribution < 1.29 is 0 Å². The second-order valence-electron chi connectivity index (χ2n) is 16.5. The number of hydrogen-bond donors (Lipinski definition) is 0. The van der Waals surface area contributed by atoms with E-state index in [0.717, 1.165) is 50.7 Å². The van der Waals surface area contributed by atoms with Crippen LogP contribution in [0.1, 0.15) is 0 Å². The molecule has 1 aromatic heterocycles. The van der Waals surface area contributed by atoms with E-state index in [9.17, 15) is 0 Å². The number of benzene rings is 11. The molecule has 0 N–H and O–H groups in total. The minimum absolute atomic E-state index is 1.07. The molecule has 12 aromatic rings. The predicted octanol–water partition coefficient (Wildman–Crippen LogP) is 17.4. The topological polar surface area (TPSA) is 11.4 Å². The lowest BCUT2D eigenvalue weighted by Gasteiger charge is -2.32. The van der Waals surface area contributed by atoms with Crippen molar-refractivity contribution in [2.24, 2.45) is 0 Å². The number of nitrogens with zero attached hydrogens (tertiary/aromatic N) is 3. The molecule has 306 valence electrons. The largest absolute Gasteiger partial charge is 0.310 e. The van der Waals surface area contributed by atoms with Crippen molar-refractivity contribution in [3.63, 3.8) is 0 Å². The van der Waals surface area contributed by atoms with Gasteiger partial charge in [0, 0.05) is 44.6 Å². The Morgan fingerprint density at radius 2 is 0.692 bits per heavy atom. The molecule has 0 atom stereocenters. The Bertz CT molecular complexity index is 3600. The molecule has 0 aliphatic carbocycles. The molecule has 65 heavy (non-hydrogen) atoms. The highest BCUT2D eigenvalue weighted by Crippen LogP contribution is 2.51. The summed E-state index contributed by atoms with van der Waals surface area (Å²) in [4.78, 5) is 4.88. The minimum atomic E-state index is 1.07. The average molecular weight is 830 g/mol. The maximum atomic E-state index is 2.46. The Morgan fingerprint density at radius 1 is 0.262 bits per heavy atom. The van der Waals surface area contributed by atoms with Crippen molar-refractivity contribution in [2.75, 3.05) is 9.80 Å². The Kier molecular flexibility index (Phi) is 9.50. The molecule has 0 spiro atoms. The highest BCUT2D eigenvalue weighted by atomic mass is 15.2. The zero-order valence-electron chi connectivity index (χ0n) is 35.7. The monoisotopic (exact) mass is 829 g/mol. The van der Waals surface area contributed by atoms with Crippen LogP contribution in [0.3, 0.4) is 0 Å². The van der Waals surface area contributed by atoms with Gasteiger partial charge in [-0.15, -0.1) is 0 Å². The number of fused-ring (bicyclic) bond motifs is 7. The molecule has 0 unspecified atom stereocenters. The van der Waals surface area contributed by atoms with Gasteiger partial charge in [-0.3, -0.25) is 0 Å². The maximum absolute atomic E-state index is 2.46. The standard InChI is InChI=1S/C62H43N3/c1-6-19-44(20-7-1)46-33-38-52(39-34-46)63(49-24-10-3-11-25-49)56-32-18-31-55-60(56)58(64(50-26-12-4-13-27-50)53-40-35-47(36-41-53)45-21-8-2-9-22-45)43-59-62(55)61-54-30-17-16-23-48(54)37-42-57(61)65(59)51-28-14-5-15-29-51/h1-43H. The van der Waals surface area contributed by atoms with Crippen LogP contribution in [0.2, 0.25) is 0 Å². The van der Waals surface area contributed by atoms with E-state index in [1.807, 2.05) is 0 Å². The normalized spacial score (nSPS) is 11.4. The van der Waals surface area contributed by atoms with Crippen molar-refractivity contribution in [3.05, 3.63) is 261 Å². The van der Waals surface area contributed by atoms with Crippen LogP contribution in [-0.4, -0.2) is 4.57 Å². The molecule has 11 aromatic carbocycles. The van der Waals surface area contributed by atoms with Gasteiger partial charge in [-0.2, -0.15) is 0 Å². The third kappa shape index (κ3) is 6.70. The first-order valence-corrected chi connectivity index (χ1v) is 22.3. The molecule has 0 saturated heterocycles. The van der Waals surface area contributed by atoms with Crippen LogP contribution in [0.5, 0.6) is 0 Å². The Balaban J connectivity index is 1.22. The lowest BCUT2D eigenvalue weighted by molar-refractivity contribution is 1.18. The van der Waals surface area contributed by atoms with Crippen molar-refractivity contribution in [2.45, 2.75) is 0 Å². The van der Waals surface area contributed by atoms with E-state index in [0.29, 0.717) is 0 Å². The molecule has 0 saturated carbocycles. The van der Waals surface area contributed by atoms with Crippen molar-refractivity contribution in [3.8, 4) is 27.9 Å². The predicted molar refractivity (Wildman–Crippen MR) is 276 cm³/mol. The number of aromatic nitrogens is 1. The lowest BCUT2D eigenvalue weighted by atomic mass is 9.96. The fraction of sp³-hybridized carbons (Fsp3) is 0. The Labute approximate surface area is 378 Å². The van der Waals surface area contributed by atoms with Crippen LogP contribution in [0.4, 0.5) is 34.1 Å². The molecule has 3 heteroatoms. The van der Waals surface area contributed by atoms with Crippen LogP contribution in [0, 0.1) is 0 Å². The van der Waals surface area contributed by atoms with Crippen molar-refractivity contribution in [1.82, 2.24) is 4.57 Å². The summed E-state index contributed by atoms with van der Waals surface area (Å²) in [5.74, 6) is 0. The first-order valence-electron chi connectivity index (χ1n) is 22.3. The van der Waals surface area contributed by atoms with Gasteiger partial charge in [0.05, 0.1) is 22.4 Å². The van der Waals surface area contributed by atoms with Gasteiger partial charge in [-0.25, -0.2) is 0 Å². The van der Waals surface area contributed by atoms with E-state index >= 15 is 0 Å². The third-order valence-corrected chi connectivity index (χ3v) is 12.7. The zero-order chi connectivity index (χ0) is 43.1. The molecule has 0 amide bonds. The zero-order valence-corrected chi connectivity index (χ0v) is 35.7. The van der Waals surface area contributed by atoms with E-state index in [2.05, 4.69) is 275 Å². The van der Waals surface area contributed by atoms with Gasteiger partial charge in [0.2, 0.25) is 0 Å². The van der Waals surface area contributed by atoms with E-state index < -0.39 is 0 Å². The Morgan fingerprint density at radius 3 is 1.26 bits per heavy atom. The number of para-hydroxylation sites is 3. The Hall–Kier alpha value is -8.66. The van der Waals surface area contributed by atoms with Crippen molar-refractivity contribution >= 4 is 77.5 Å². The first-order chi connectivity index (χ1) is 32.3. The summed E-state index contributed by atoms with van der Waals surface area (Å²) in [6.07, 6.45) is 0. The van der Waals surface area contributed by atoms with Gasteiger partial charge in [0.1, 0.15) is 0 Å². The molecule has 0 aliphatic rings. The van der Waals surface area contributed by atoms with Gasteiger partial charge in [0.25, 0.3) is 0 Å². The van der Waals surface area contributed by atoms with Gasteiger partial charge < -0.3 is 14.4 Å². The molecular formula is C62H43N3. The van der Waals surface area contributed by atoms with Crippen LogP contribution < -0.4 is 9.80 Å². The van der Waals surface area contributed by atoms with Crippen molar-refractivity contribution in [1.29, 1.82) is 0 Å². The van der Waals surface area contributed by atoms with E-state index in [4.69, 9.17) is 0 Å². The lowest BCUT2D eigenvalue weighted by Crippen LogP contribution is -2.14. The van der Waals surface area contributed by atoms with Crippen LogP contribution in [0.15, 0.2) is 261 Å². The summed E-state index contributed by atoms with van der Waals surface area (Å²) in [5, 5.41) is 7.24. The first kappa shape index (κ1) is 38.0. The molecule has 1 heterocycles. The number of anilines is 6. The molecule has 0 fully saturated rings. The number of hydrogen-bond acceptors (Lipinski definition) is 2. The summed E-state index contributed by atoms with van der Waals surface area (Å²) in [5.41, 5.74) is 14.6. The second-order valence-corrected chi connectivity index (χ2v) is 16.5. The minimum Gasteiger partial charge on any atom is -0.310 e. The SMILES string of the molecule is c1ccc(-c2ccc(N(c3ccccc3)c3cccc4c3c(N(c3ccccc3)c3ccc(-c5ccccc5)cc3)cc3c4c4c5ccccc5ccc4n3-c3ccccc3)cc2)cc1. The fourth-order valence-electron chi connectivity index (χ4n) is 9.80. The highest BCUT2D eigenvalue weighted by Gasteiger charge is 2.27. The second kappa shape index (κ2) is 16.2. The third-order valence-electron chi connectivity index (χ3n) is 12.7. The smallest absolute Gasteiger partial charge is 0.0582 e. The molecule has 3 nitrogen and oxygen atoms in total. The summed E-state index contributed by atoms with van der Waals surface area (Å²) in [7, 11) is 0. The van der Waals surface area contributed by atoms with Gasteiger partial charge in [-0.05, 0) is 117 Å². The fourth-order valence-corrected chi connectivity index (χ4v) is 9.80. The van der Waals surface area contributed by atoms with E-state index in [1.165, 1.54) is 54.7 Å². The molecule has 12 rings (SSSR count). The van der Waals surface area contributed by atoms with Crippen LogP contribution in [0.25, 0.3) is 71.3 Å². The van der Waals surface area contributed by atoms with Crippen LogP contribution in [-0.2, 0) is 0 Å². The number of rotatable bonds is 9. The average Bonchev–Trinajstić information content (AvgIpc) is 3.73. The molecular weight excluding hydrogens is 787 g/mol. The van der Waals surface area contributed by atoms with Gasteiger partial charge in [0.15, 0.2) is 0 Å². The molecule has 0 bridgehead atoms. The summed E-state index contributed by atoms with van der Waals surface area (Å²) in [6.45, 7) is 0. The van der Waals surface area contributed by atoms with E-state index in [-0.39, 0.29) is 0 Å². The molecule has 0 aliphatic heterocycles. The van der Waals surface area contributed by atoms with E-state index in [1.54, 1.807) is 0 Å². The van der Waals surface area contributed by atoms with Gasteiger partial charge in [-0.1, -0.05) is 182 Å². The van der Waals surface area contributed by atoms with Gasteiger partial charge >= 0.3 is 0 Å². The van der Waals surface area contributed by atoms with Crippen LogP contribution >= 0.6 is 0 Å². The summed E-state index contributed by atoms with van der Waals surface area (Å²) < 4.78 is 2.46. The summed E-state index contributed by atoms with van der Waals surface area (Å²) >= 11 is 0. The quantitative estimate of drug-likeness (QED) is 0.144. The molecule has 0 radical (unpaired) electrons.